The zero-order chi connectivity index (χ0) is 13.4. The molecule has 0 radical (unpaired) electrons. The molecular formula is C10H12F3NO3S. The first-order valence-corrected chi connectivity index (χ1v) is 6.88. The molecule has 0 aliphatic heterocycles. The minimum Gasteiger partial charge on any atom is -0.471 e. The van der Waals surface area contributed by atoms with Crippen LogP contribution in [-0.4, -0.2) is 20.1 Å². The molecule has 8 heteroatoms. The molecule has 1 aliphatic rings. The van der Waals surface area contributed by atoms with Crippen molar-refractivity contribution >= 4 is 10.0 Å². The molecule has 1 aliphatic carbocycles. The first kappa shape index (κ1) is 13.4. The van der Waals surface area contributed by atoms with Crippen LogP contribution >= 0.6 is 0 Å². The highest BCUT2D eigenvalue weighted by Crippen LogP contribution is 2.43. The van der Waals surface area contributed by atoms with Gasteiger partial charge in [0.25, 0.3) is 0 Å². The highest BCUT2D eigenvalue weighted by Gasteiger charge is 2.57. The van der Waals surface area contributed by atoms with Gasteiger partial charge in [-0.3, -0.25) is 0 Å². The number of nitrogens with one attached hydrogen (secondary N) is 1. The van der Waals surface area contributed by atoms with Gasteiger partial charge >= 0.3 is 6.18 Å². The summed E-state index contributed by atoms with van der Waals surface area (Å²) in [6.45, 7) is 0. The highest BCUT2D eigenvalue weighted by molar-refractivity contribution is 7.89. The van der Waals surface area contributed by atoms with Crippen LogP contribution in [0, 0.1) is 0 Å². The Morgan fingerprint density at radius 3 is 2.33 bits per heavy atom. The van der Waals surface area contributed by atoms with Gasteiger partial charge in [-0.15, -0.1) is 0 Å². The van der Waals surface area contributed by atoms with E-state index in [1.165, 1.54) is 0 Å². The van der Waals surface area contributed by atoms with Crippen LogP contribution in [0.25, 0.3) is 0 Å². The summed E-state index contributed by atoms with van der Waals surface area (Å²) in [6, 6.07) is 1.11. The van der Waals surface area contributed by atoms with Crippen LogP contribution in [0.4, 0.5) is 13.2 Å². The molecule has 0 spiro atoms. The molecule has 0 aromatic carbocycles. The van der Waals surface area contributed by atoms with Crippen LogP contribution < -0.4 is 4.72 Å². The summed E-state index contributed by atoms with van der Waals surface area (Å²) in [6.07, 6.45) is -2.34. The maximum absolute atomic E-state index is 13.0. The summed E-state index contributed by atoms with van der Waals surface area (Å²) in [5.74, 6) is 0. The first-order chi connectivity index (χ1) is 8.27. The van der Waals surface area contributed by atoms with E-state index in [0.29, 0.717) is 12.8 Å². The topological polar surface area (TPSA) is 59.3 Å². The third-order valence-electron chi connectivity index (χ3n) is 3.13. The number of rotatable bonds is 3. The molecule has 0 atom stereocenters. The zero-order valence-corrected chi connectivity index (χ0v) is 10.1. The summed E-state index contributed by atoms with van der Waals surface area (Å²) in [5, 5.41) is 0. The second-order valence-electron chi connectivity index (χ2n) is 4.35. The lowest BCUT2D eigenvalue weighted by Gasteiger charge is -2.31. The standard InChI is InChI=1S/C10H12F3NO3S/c11-10(12,13)9(4-1-2-5-9)14-18(15,16)8-3-6-17-7-8/h3,6-7,14H,1-2,4-5H2. The van der Waals surface area contributed by atoms with Gasteiger partial charge in [0.15, 0.2) is 0 Å². The molecule has 102 valence electrons. The van der Waals surface area contributed by atoms with E-state index in [1.807, 2.05) is 0 Å². The number of furan rings is 1. The number of halogens is 3. The van der Waals surface area contributed by atoms with Crippen molar-refractivity contribution in [2.45, 2.75) is 42.3 Å². The van der Waals surface area contributed by atoms with Crippen molar-refractivity contribution in [3.05, 3.63) is 18.6 Å². The third kappa shape index (κ3) is 2.26. The van der Waals surface area contributed by atoms with Gasteiger partial charge in [0.1, 0.15) is 16.7 Å². The normalized spacial score (nSPS) is 20.2. The summed E-state index contributed by atoms with van der Waals surface area (Å²) in [5.41, 5.74) is -2.34. The predicted molar refractivity (Wildman–Crippen MR) is 56.3 cm³/mol. The molecule has 0 unspecified atom stereocenters. The molecule has 1 N–H and O–H groups in total. The smallest absolute Gasteiger partial charge is 0.407 e. The van der Waals surface area contributed by atoms with E-state index in [2.05, 4.69) is 4.42 Å². The molecular weight excluding hydrogens is 271 g/mol. The minimum atomic E-state index is -4.60. The van der Waals surface area contributed by atoms with Crippen molar-refractivity contribution in [2.24, 2.45) is 0 Å². The Balaban J connectivity index is 2.31. The number of hydrogen-bond acceptors (Lipinski definition) is 3. The Morgan fingerprint density at radius 1 is 1.28 bits per heavy atom. The SMILES string of the molecule is O=S(=O)(NC1(C(F)(F)F)CCCC1)c1ccoc1. The quantitative estimate of drug-likeness (QED) is 0.926. The monoisotopic (exact) mass is 283 g/mol. The van der Waals surface area contributed by atoms with Crippen molar-refractivity contribution < 1.29 is 26.0 Å². The van der Waals surface area contributed by atoms with Crippen LogP contribution in [0.1, 0.15) is 25.7 Å². The van der Waals surface area contributed by atoms with Crippen LogP contribution in [0.3, 0.4) is 0 Å². The summed E-state index contributed by atoms with van der Waals surface area (Å²) in [4.78, 5) is -0.293. The molecule has 1 heterocycles. The second-order valence-corrected chi connectivity index (χ2v) is 6.03. The lowest BCUT2D eigenvalue weighted by Crippen LogP contribution is -2.56. The molecule has 1 saturated carbocycles. The fraction of sp³-hybridized carbons (Fsp3) is 0.600. The fourth-order valence-electron chi connectivity index (χ4n) is 2.14. The van der Waals surface area contributed by atoms with Crippen molar-refractivity contribution in [1.82, 2.24) is 4.72 Å². The van der Waals surface area contributed by atoms with E-state index in [-0.39, 0.29) is 17.7 Å². The third-order valence-corrected chi connectivity index (χ3v) is 4.65. The van der Waals surface area contributed by atoms with Crippen LogP contribution in [0.5, 0.6) is 0 Å². The van der Waals surface area contributed by atoms with Gasteiger partial charge in [0.05, 0.1) is 6.26 Å². The van der Waals surface area contributed by atoms with Crippen molar-refractivity contribution in [1.29, 1.82) is 0 Å². The summed E-state index contributed by atoms with van der Waals surface area (Å²) >= 11 is 0. The van der Waals surface area contributed by atoms with Gasteiger partial charge in [-0.25, -0.2) is 8.42 Å². The van der Waals surface area contributed by atoms with E-state index < -0.39 is 21.7 Å². The molecule has 4 nitrogen and oxygen atoms in total. The predicted octanol–water partition coefficient (Wildman–Crippen LogP) is 2.43. The van der Waals surface area contributed by atoms with E-state index in [4.69, 9.17) is 0 Å². The average molecular weight is 283 g/mol. The number of sulfonamides is 1. The van der Waals surface area contributed by atoms with Gasteiger partial charge in [-0.1, -0.05) is 12.8 Å². The maximum atomic E-state index is 13.0. The Hall–Kier alpha value is -1.02. The first-order valence-electron chi connectivity index (χ1n) is 5.40. The maximum Gasteiger partial charge on any atom is 0.407 e. The molecule has 0 saturated heterocycles. The van der Waals surface area contributed by atoms with E-state index in [9.17, 15) is 21.6 Å². The fourth-order valence-corrected chi connectivity index (χ4v) is 3.51. The van der Waals surface area contributed by atoms with Crippen molar-refractivity contribution in [3.63, 3.8) is 0 Å². The Bertz CT molecular complexity index is 501. The molecule has 0 amide bonds. The van der Waals surface area contributed by atoms with Crippen LogP contribution in [0.15, 0.2) is 27.9 Å². The minimum absolute atomic E-state index is 0.229. The number of alkyl halides is 3. The summed E-state index contributed by atoms with van der Waals surface area (Å²) < 4.78 is 69.2. The Morgan fingerprint density at radius 2 is 1.89 bits per heavy atom. The van der Waals surface area contributed by atoms with Gasteiger partial charge in [0.2, 0.25) is 10.0 Å². The molecule has 18 heavy (non-hydrogen) atoms. The molecule has 1 aromatic heterocycles. The summed E-state index contributed by atoms with van der Waals surface area (Å²) in [7, 11) is -4.21. The Kier molecular flexibility index (Phi) is 3.18. The molecule has 1 fully saturated rings. The zero-order valence-electron chi connectivity index (χ0n) is 9.33. The van der Waals surface area contributed by atoms with Gasteiger partial charge in [-0.05, 0) is 18.9 Å². The van der Waals surface area contributed by atoms with Crippen molar-refractivity contribution in [2.75, 3.05) is 0 Å². The highest BCUT2D eigenvalue weighted by atomic mass is 32.2. The van der Waals surface area contributed by atoms with Gasteiger partial charge in [0, 0.05) is 0 Å². The second kappa shape index (κ2) is 4.27. The largest absolute Gasteiger partial charge is 0.471 e. The van der Waals surface area contributed by atoms with E-state index >= 15 is 0 Å². The Labute approximate surface area is 102 Å². The van der Waals surface area contributed by atoms with Crippen LogP contribution in [0.2, 0.25) is 0 Å². The van der Waals surface area contributed by atoms with Gasteiger partial charge < -0.3 is 4.42 Å². The van der Waals surface area contributed by atoms with Gasteiger partial charge in [-0.2, -0.15) is 17.9 Å². The number of hydrogen-bond donors (Lipinski definition) is 1. The molecule has 2 rings (SSSR count). The van der Waals surface area contributed by atoms with E-state index in [0.717, 1.165) is 18.6 Å². The molecule has 1 aromatic rings. The average Bonchev–Trinajstić information content (AvgIpc) is 2.84. The van der Waals surface area contributed by atoms with Crippen LogP contribution in [-0.2, 0) is 10.0 Å². The van der Waals surface area contributed by atoms with Crippen molar-refractivity contribution in [3.8, 4) is 0 Å². The lowest BCUT2D eigenvalue weighted by atomic mass is 9.99. The molecule has 0 bridgehead atoms. The lowest BCUT2D eigenvalue weighted by molar-refractivity contribution is -0.188. The van der Waals surface area contributed by atoms with E-state index in [1.54, 1.807) is 4.72 Å².